The molecule has 0 aromatic heterocycles. The molecule has 34 heavy (non-hydrogen) atoms. The third kappa shape index (κ3) is 5.75. The Bertz CT molecular complexity index is 1170. The summed E-state index contributed by atoms with van der Waals surface area (Å²) in [6.45, 7) is 5.41. The third-order valence-corrected chi connectivity index (χ3v) is 7.40. The van der Waals surface area contributed by atoms with Crippen molar-refractivity contribution in [1.29, 1.82) is 0 Å². The topological polar surface area (TPSA) is 58.6 Å². The normalized spacial score (nSPS) is 15.4. The molecule has 176 valence electrons. The predicted molar refractivity (Wildman–Crippen MR) is 137 cm³/mol. The molecule has 1 fully saturated rings. The Morgan fingerprint density at radius 2 is 1.82 bits per heavy atom. The highest BCUT2D eigenvalue weighted by molar-refractivity contribution is 8.00. The molecular weight excluding hydrogens is 468 g/mol. The van der Waals surface area contributed by atoms with Crippen LogP contribution in [0.2, 0.25) is 5.02 Å². The molecule has 4 rings (SSSR count). The minimum atomic E-state index is -0.149. The van der Waals surface area contributed by atoms with E-state index in [1.807, 2.05) is 73.3 Å². The fourth-order valence-electron chi connectivity index (χ4n) is 3.79. The molecule has 5 nitrogen and oxygen atoms in total. The van der Waals surface area contributed by atoms with E-state index in [1.54, 1.807) is 23.9 Å². The molecule has 0 radical (unpaired) electrons. The van der Waals surface area contributed by atoms with Crippen LogP contribution in [-0.4, -0.2) is 35.6 Å². The van der Waals surface area contributed by atoms with E-state index < -0.39 is 0 Å². The number of halogens is 1. The first-order chi connectivity index (χ1) is 16.4. The number of nitrogens with one attached hydrogen (secondary N) is 1. The zero-order valence-electron chi connectivity index (χ0n) is 19.2. The standard InChI is InChI=1S/C27H27ClN2O3S/c1-18-4-3-5-24(19(18)2)33-15-14-29-26(32)21-8-10-22(11-9-21)27-30(25(31)17-34-27)16-20-6-12-23(28)13-7-20/h3-13,27H,14-17H2,1-2H3,(H,29,32)/t27-/m0/s1. The second kappa shape index (κ2) is 11.0. The quantitative estimate of drug-likeness (QED) is 0.418. The lowest BCUT2D eigenvalue weighted by molar-refractivity contribution is -0.128. The summed E-state index contributed by atoms with van der Waals surface area (Å²) in [7, 11) is 0. The number of benzene rings is 3. The van der Waals surface area contributed by atoms with Crippen LogP contribution in [-0.2, 0) is 11.3 Å². The van der Waals surface area contributed by atoms with Crippen LogP contribution in [0.3, 0.4) is 0 Å². The van der Waals surface area contributed by atoms with Gasteiger partial charge in [0.05, 0.1) is 12.3 Å². The SMILES string of the molecule is Cc1cccc(OCCNC(=O)c2ccc([C@@H]3SCC(=O)N3Cc3ccc(Cl)cc3)cc2)c1C. The molecule has 7 heteroatoms. The van der Waals surface area contributed by atoms with Crippen molar-refractivity contribution in [3.05, 3.63) is 99.6 Å². The van der Waals surface area contributed by atoms with Crippen LogP contribution < -0.4 is 10.1 Å². The summed E-state index contributed by atoms with van der Waals surface area (Å²) >= 11 is 7.58. The Hall–Kier alpha value is -2.96. The lowest BCUT2D eigenvalue weighted by atomic mass is 10.1. The van der Waals surface area contributed by atoms with Crippen molar-refractivity contribution >= 4 is 35.2 Å². The van der Waals surface area contributed by atoms with Gasteiger partial charge in [-0.25, -0.2) is 0 Å². The molecule has 1 N–H and O–H groups in total. The monoisotopic (exact) mass is 494 g/mol. The summed E-state index contributed by atoms with van der Waals surface area (Å²) in [6, 6.07) is 20.9. The van der Waals surface area contributed by atoms with Gasteiger partial charge < -0.3 is 15.0 Å². The van der Waals surface area contributed by atoms with Crippen LogP contribution in [0.5, 0.6) is 5.75 Å². The van der Waals surface area contributed by atoms with Crippen LogP contribution in [0.4, 0.5) is 0 Å². The van der Waals surface area contributed by atoms with Gasteiger partial charge in [0.1, 0.15) is 17.7 Å². The van der Waals surface area contributed by atoms with Crippen LogP contribution in [0.1, 0.15) is 38.0 Å². The largest absolute Gasteiger partial charge is 0.491 e. The zero-order valence-corrected chi connectivity index (χ0v) is 20.8. The Balaban J connectivity index is 1.32. The summed E-state index contributed by atoms with van der Waals surface area (Å²) in [5.74, 6) is 1.24. The van der Waals surface area contributed by atoms with E-state index in [0.29, 0.717) is 36.0 Å². The van der Waals surface area contributed by atoms with E-state index in [9.17, 15) is 9.59 Å². The van der Waals surface area contributed by atoms with Gasteiger partial charge in [-0.3, -0.25) is 9.59 Å². The molecule has 0 bridgehead atoms. The van der Waals surface area contributed by atoms with Crippen molar-refractivity contribution in [2.75, 3.05) is 18.9 Å². The summed E-state index contributed by atoms with van der Waals surface area (Å²) < 4.78 is 5.81. The molecule has 1 atom stereocenters. The first kappa shape index (κ1) is 24.2. The molecule has 1 aliphatic heterocycles. The number of hydrogen-bond donors (Lipinski definition) is 1. The van der Waals surface area contributed by atoms with Crippen LogP contribution in [0.15, 0.2) is 66.7 Å². The van der Waals surface area contributed by atoms with Gasteiger partial charge in [0.25, 0.3) is 5.91 Å². The van der Waals surface area contributed by atoms with Gasteiger partial charge >= 0.3 is 0 Å². The van der Waals surface area contributed by atoms with Gasteiger partial charge in [-0.15, -0.1) is 11.8 Å². The predicted octanol–water partition coefficient (Wildman–Crippen LogP) is 5.54. The fraction of sp³-hybridized carbons (Fsp3) is 0.259. The molecule has 0 unspecified atom stereocenters. The van der Waals surface area contributed by atoms with Gasteiger partial charge in [0.15, 0.2) is 0 Å². The molecule has 1 saturated heterocycles. The summed E-state index contributed by atoms with van der Waals surface area (Å²) in [6.07, 6.45) is 0. The Morgan fingerprint density at radius 1 is 1.09 bits per heavy atom. The average molecular weight is 495 g/mol. The van der Waals surface area contributed by atoms with Crippen molar-refractivity contribution in [3.63, 3.8) is 0 Å². The molecule has 0 spiro atoms. The number of nitrogens with zero attached hydrogens (tertiary/aromatic N) is 1. The maximum Gasteiger partial charge on any atom is 0.251 e. The number of amides is 2. The van der Waals surface area contributed by atoms with Crippen molar-refractivity contribution in [1.82, 2.24) is 10.2 Å². The molecule has 1 aliphatic rings. The number of thioether (sulfide) groups is 1. The van der Waals surface area contributed by atoms with E-state index in [1.165, 1.54) is 5.56 Å². The Morgan fingerprint density at radius 3 is 2.56 bits per heavy atom. The highest BCUT2D eigenvalue weighted by Gasteiger charge is 2.32. The molecule has 0 saturated carbocycles. The minimum absolute atomic E-state index is 0.0775. The summed E-state index contributed by atoms with van der Waals surface area (Å²) in [4.78, 5) is 26.9. The summed E-state index contributed by atoms with van der Waals surface area (Å²) in [5.41, 5.74) is 4.89. The number of aryl methyl sites for hydroxylation is 1. The maximum atomic E-state index is 12.5. The number of rotatable bonds is 8. The van der Waals surface area contributed by atoms with Crippen LogP contribution in [0, 0.1) is 13.8 Å². The highest BCUT2D eigenvalue weighted by Crippen LogP contribution is 2.39. The molecule has 0 aliphatic carbocycles. The molecule has 2 amide bonds. The first-order valence-electron chi connectivity index (χ1n) is 11.1. The molecule has 1 heterocycles. The van der Waals surface area contributed by atoms with E-state index in [0.717, 1.165) is 22.4 Å². The fourth-order valence-corrected chi connectivity index (χ4v) is 5.11. The van der Waals surface area contributed by atoms with Crippen LogP contribution >= 0.6 is 23.4 Å². The highest BCUT2D eigenvalue weighted by atomic mass is 35.5. The number of ether oxygens (including phenoxy) is 1. The van der Waals surface area contributed by atoms with Gasteiger partial charge in [0.2, 0.25) is 5.91 Å². The van der Waals surface area contributed by atoms with E-state index in [4.69, 9.17) is 16.3 Å². The van der Waals surface area contributed by atoms with Gasteiger partial charge in [0, 0.05) is 17.1 Å². The first-order valence-corrected chi connectivity index (χ1v) is 12.6. The molecular formula is C27H27ClN2O3S. The van der Waals surface area contributed by atoms with E-state index >= 15 is 0 Å². The van der Waals surface area contributed by atoms with Gasteiger partial charge in [-0.1, -0.05) is 48.0 Å². The summed E-state index contributed by atoms with van der Waals surface area (Å²) in [5, 5.41) is 3.50. The lowest BCUT2D eigenvalue weighted by Gasteiger charge is -2.24. The molecule has 3 aromatic carbocycles. The van der Waals surface area contributed by atoms with E-state index in [-0.39, 0.29) is 17.2 Å². The van der Waals surface area contributed by atoms with E-state index in [2.05, 4.69) is 5.32 Å². The lowest BCUT2D eigenvalue weighted by Crippen LogP contribution is -2.28. The number of carbonyl (C=O) groups is 2. The third-order valence-electron chi connectivity index (χ3n) is 5.89. The minimum Gasteiger partial charge on any atom is -0.491 e. The second-order valence-electron chi connectivity index (χ2n) is 8.24. The zero-order chi connectivity index (χ0) is 24.1. The number of hydrogen-bond acceptors (Lipinski definition) is 4. The Labute approximate surface area is 209 Å². The van der Waals surface area contributed by atoms with Crippen molar-refractivity contribution in [3.8, 4) is 5.75 Å². The average Bonchev–Trinajstić information content (AvgIpc) is 3.20. The van der Waals surface area contributed by atoms with Crippen LogP contribution in [0.25, 0.3) is 0 Å². The smallest absolute Gasteiger partial charge is 0.251 e. The number of carbonyl (C=O) groups excluding carboxylic acids is 2. The second-order valence-corrected chi connectivity index (χ2v) is 9.74. The molecule has 3 aromatic rings. The Kier molecular flexibility index (Phi) is 7.80. The van der Waals surface area contributed by atoms with Crippen molar-refractivity contribution in [2.24, 2.45) is 0 Å². The van der Waals surface area contributed by atoms with Crippen molar-refractivity contribution < 1.29 is 14.3 Å². The van der Waals surface area contributed by atoms with Gasteiger partial charge in [-0.2, -0.15) is 0 Å². The maximum absolute atomic E-state index is 12.5. The van der Waals surface area contributed by atoms with Crippen molar-refractivity contribution in [2.45, 2.75) is 25.8 Å². The van der Waals surface area contributed by atoms with Gasteiger partial charge in [-0.05, 0) is 66.4 Å².